The standard InChI is InChI=1S/C35H33ClN2O3S/c1-22-17-28-31(41-21-27-14-11-25(19-37-27)24-7-5-4-6-8-24)16-15-29-32(28)33(42-22)30(18-35(2,3)34(39)40)38(29)20-23-9-12-26(36)13-10-23/h4-16,19,22H,17-18,20-21H2,1-3H3,(H,39,40). The maximum Gasteiger partial charge on any atom is 0.309 e. The summed E-state index contributed by atoms with van der Waals surface area (Å²) in [6.07, 6.45) is 3.19. The highest BCUT2D eigenvalue weighted by Gasteiger charge is 2.34. The molecule has 7 heteroatoms. The van der Waals surface area contributed by atoms with Crippen molar-refractivity contribution in [2.75, 3.05) is 0 Å². The zero-order valence-electron chi connectivity index (χ0n) is 23.9. The number of carbonyl (C=O) groups is 1. The normalized spacial score (nSPS) is 14.7. The Balaban J connectivity index is 1.37. The van der Waals surface area contributed by atoms with E-state index in [-0.39, 0.29) is 0 Å². The molecule has 0 spiro atoms. The molecule has 1 atom stereocenters. The first-order valence-electron chi connectivity index (χ1n) is 14.1. The van der Waals surface area contributed by atoms with Crippen LogP contribution >= 0.6 is 23.4 Å². The van der Waals surface area contributed by atoms with Crippen LogP contribution < -0.4 is 4.74 Å². The van der Waals surface area contributed by atoms with Crippen LogP contribution in [0.3, 0.4) is 0 Å². The second kappa shape index (κ2) is 11.5. The Morgan fingerprint density at radius 1 is 1.05 bits per heavy atom. The molecular formula is C35H33ClN2O3S. The van der Waals surface area contributed by atoms with Gasteiger partial charge in [0.15, 0.2) is 0 Å². The molecule has 3 heterocycles. The van der Waals surface area contributed by atoms with E-state index in [1.165, 1.54) is 10.9 Å². The molecule has 2 aromatic heterocycles. The van der Waals surface area contributed by atoms with E-state index in [4.69, 9.17) is 16.3 Å². The Labute approximate surface area is 255 Å². The number of halogens is 1. The van der Waals surface area contributed by atoms with Crippen molar-refractivity contribution in [3.05, 3.63) is 113 Å². The monoisotopic (exact) mass is 596 g/mol. The molecule has 0 amide bonds. The van der Waals surface area contributed by atoms with Gasteiger partial charge in [-0.15, -0.1) is 11.8 Å². The van der Waals surface area contributed by atoms with E-state index in [1.54, 1.807) is 13.8 Å². The molecule has 42 heavy (non-hydrogen) atoms. The summed E-state index contributed by atoms with van der Waals surface area (Å²) >= 11 is 8.01. The third-order valence-corrected chi connectivity index (χ3v) is 9.41. The average Bonchev–Trinajstić information content (AvgIpc) is 3.26. The molecule has 0 bridgehead atoms. The van der Waals surface area contributed by atoms with E-state index < -0.39 is 11.4 Å². The van der Waals surface area contributed by atoms with Gasteiger partial charge in [0.05, 0.1) is 16.6 Å². The van der Waals surface area contributed by atoms with Gasteiger partial charge in [-0.25, -0.2) is 0 Å². The fourth-order valence-corrected chi connectivity index (χ4v) is 7.03. The topological polar surface area (TPSA) is 64.3 Å². The lowest BCUT2D eigenvalue weighted by Gasteiger charge is -2.24. The number of rotatable bonds is 9. The van der Waals surface area contributed by atoms with Crippen LogP contribution in [0.25, 0.3) is 22.0 Å². The minimum Gasteiger partial charge on any atom is -0.487 e. The Kier molecular flexibility index (Phi) is 7.77. The van der Waals surface area contributed by atoms with Gasteiger partial charge < -0.3 is 14.4 Å². The maximum absolute atomic E-state index is 12.2. The van der Waals surface area contributed by atoms with Gasteiger partial charge in [-0.3, -0.25) is 9.78 Å². The number of aliphatic carboxylic acids is 1. The molecule has 0 radical (unpaired) electrons. The third kappa shape index (κ3) is 5.66. The Morgan fingerprint density at radius 3 is 2.50 bits per heavy atom. The average molecular weight is 597 g/mol. The van der Waals surface area contributed by atoms with Crippen molar-refractivity contribution in [3.63, 3.8) is 0 Å². The van der Waals surface area contributed by atoms with E-state index in [1.807, 2.05) is 66.5 Å². The summed E-state index contributed by atoms with van der Waals surface area (Å²) in [5.74, 6) is 0.0550. The number of thioether (sulfide) groups is 1. The molecule has 5 nitrogen and oxygen atoms in total. The highest BCUT2D eigenvalue weighted by molar-refractivity contribution is 8.00. The number of benzene rings is 3. The first-order valence-corrected chi connectivity index (χ1v) is 15.4. The van der Waals surface area contributed by atoms with Crippen molar-refractivity contribution in [3.8, 4) is 16.9 Å². The summed E-state index contributed by atoms with van der Waals surface area (Å²) in [6, 6.07) is 26.4. The predicted molar refractivity (Wildman–Crippen MR) is 171 cm³/mol. The molecule has 5 aromatic rings. The van der Waals surface area contributed by atoms with Crippen LogP contribution in [0.1, 0.15) is 43.3 Å². The van der Waals surface area contributed by atoms with Gasteiger partial charge in [0.1, 0.15) is 12.4 Å². The number of hydrogen-bond acceptors (Lipinski definition) is 4. The zero-order valence-corrected chi connectivity index (χ0v) is 25.5. The molecule has 6 rings (SSSR count). The van der Waals surface area contributed by atoms with Gasteiger partial charge >= 0.3 is 5.97 Å². The molecule has 3 aromatic carbocycles. The number of pyridine rings is 1. The van der Waals surface area contributed by atoms with Crippen LogP contribution in [-0.2, 0) is 30.8 Å². The summed E-state index contributed by atoms with van der Waals surface area (Å²) in [5, 5.41) is 12.2. The summed E-state index contributed by atoms with van der Waals surface area (Å²) in [4.78, 5) is 18.0. The van der Waals surface area contributed by atoms with Crippen LogP contribution in [-0.4, -0.2) is 25.9 Å². The number of ether oxygens (including phenoxy) is 1. The molecule has 0 saturated heterocycles. The molecule has 1 aliphatic rings. The minimum absolute atomic E-state index is 0.326. The molecular weight excluding hydrogens is 564 g/mol. The summed E-state index contributed by atoms with van der Waals surface area (Å²) in [5.41, 5.74) is 6.61. The molecule has 0 saturated carbocycles. The van der Waals surface area contributed by atoms with E-state index in [0.717, 1.165) is 50.7 Å². The van der Waals surface area contributed by atoms with Crippen molar-refractivity contribution in [1.29, 1.82) is 0 Å². The SMILES string of the molecule is CC1Cc2c(OCc3ccc(-c4ccccc4)cn3)ccc3c2c(c(CC(C)(C)C(=O)O)n3Cc2ccc(Cl)cc2)S1. The van der Waals surface area contributed by atoms with Crippen molar-refractivity contribution in [1.82, 2.24) is 9.55 Å². The minimum atomic E-state index is -0.916. The Bertz CT molecular complexity index is 1750. The molecule has 1 aliphatic heterocycles. The Morgan fingerprint density at radius 2 is 1.81 bits per heavy atom. The molecule has 214 valence electrons. The van der Waals surface area contributed by atoms with Crippen molar-refractivity contribution in [2.45, 2.75) is 56.9 Å². The highest BCUT2D eigenvalue weighted by atomic mass is 35.5. The van der Waals surface area contributed by atoms with Crippen LogP contribution in [0.5, 0.6) is 5.75 Å². The first-order chi connectivity index (χ1) is 20.2. The highest BCUT2D eigenvalue weighted by Crippen LogP contribution is 2.48. The fraction of sp³-hybridized carbons (Fsp3) is 0.257. The summed E-state index contributed by atoms with van der Waals surface area (Å²) < 4.78 is 8.73. The van der Waals surface area contributed by atoms with Gasteiger partial charge in [0, 0.05) is 56.5 Å². The van der Waals surface area contributed by atoms with Gasteiger partial charge in [0.2, 0.25) is 0 Å². The van der Waals surface area contributed by atoms with Crippen LogP contribution in [0.4, 0.5) is 0 Å². The van der Waals surface area contributed by atoms with E-state index in [2.05, 4.69) is 46.8 Å². The van der Waals surface area contributed by atoms with Crippen LogP contribution in [0, 0.1) is 5.41 Å². The summed E-state index contributed by atoms with van der Waals surface area (Å²) in [6.45, 7) is 6.83. The number of carboxylic acids is 1. The predicted octanol–water partition coefficient (Wildman–Crippen LogP) is 8.67. The number of nitrogens with zero attached hydrogens (tertiary/aromatic N) is 2. The van der Waals surface area contributed by atoms with Gasteiger partial charge in [-0.1, -0.05) is 67.1 Å². The van der Waals surface area contributed by atoms with Gasteiger partial charge in [0.25, 0.3) is 0 Å². The number of hydrogen-bond donors (Lipinski definition) is 1. The second-order valence-corrected chi connectivity index (χ2v) is 13.5. The molecule has 0 fully saturated rings. The molecule has 1 N–H and O–H groups in total. The second-order valence-electron chi connectivity index (χ2n) is 11.6. The lowest BCUT2D eigenvalue weighted by molar-refractivity contribution is -0.146. The van der Waals surface area contributed by atoms with Crippen LogP contribution in [0.15, 0.2) is 90.0 Å². The third-order valence-electron chi connectivity index (χ3n) is 7.91. The van der Waals surface area contributed by atoms with Crippen molar-refractivity contribution < 1.29 is 14.6 Å². The quantitative estimate of drug-likeness (QED) is 0.184. The van der Waals surface area contributed by atoms with E-state index in [9.17, 15) is 9.90 Å². The largest absolute Gasteiger partial charge is 0.487 e. The fourth-order valence-electron chi connectivity index (χ4n) is 5.59. The lowest BCUT2D eigenvalue weighted by atomic mass is 9.87. The lowest BCUT2D eigenvalue weighted by Crippen LogP contribution is -2.28. The number of aromatic nitrogens is 2. The Hall–Kier alpha value is -3.74. The van der Waals surface area contributed by atoms with Crippen molar-refractivity contribution >= 4 is 40.2 Å². The molecule has 0 aliphatic carbocycles. The first kappa shape index (κ1) is 28.4. The van der Waals surface area contributed by atoms with Gasteiger partial charge in [-0.2, -0.15) is 0 Å². The smallest absolute Gasteiger partial charge is 0.309 e. The molecule has 1 unspecified atom stereocenters. The summed E-state index contributed by atoms with van der Waals surface area (Å²) in [7, 11) is 0. The van der Waals surface area contributed by atoms with Gasteiger partial charge in [-0.05, 0) is 61.7 Å². The maximum atomic E-state index is 12.2. The number of carboxylic acid groups (broad SMARTS) is 1. The zero-order chi connectivity index (χ0) is 29.4. The van der Waals surface area contributed by atoms with Crippen LogP contribution in [0.2, 0.25) is 5.02 Å². The van der Waals surface area contributed by atoms with E-state index >= 15 is 0 Å². The van der Waals surface area contributed by atoms with Crippen molar-refractivity contribution in [2.24, 2.45) is 5.41 Å². The van der Waals surface area contributed by atoms with E-state index in [0.29, 0.717) is 29.8 Å².